The molecular weight excluding hydrogens is 226 g/mol. The number of hydrogen-bond acceptors (Lipinski definition) is 3. The monoisotopic (exact) mass is 241 g/mol. The third-order valence-corrected chi connectivity index (χ3v) is 2.67. The Morgan fingerprint density at radius 2 is 2.19 bits per heavy atom. The van der Waals surface area contributed by atoms with Gasteiger partial charge in [0.2, 0.25) is 5.91 Å². The molecule has 88 valence electrons. The van der Waals surface area contributed by atoms with E-state index in [0.29, 0.717) is 5.69 Å². The Morgan fingerprint density at radius 1 is 1.56 bits per heavy atom. The maximum atomic E-state index is 11.7. The Kier molecular flexibility index (Phi) is 4.26. The van der Waals surface area contributed by atoms with Gasteiger partial charge in [0.1, 0.15) is 0 Å². The molecule has 1 amide bonds. The Labute approximate surface area is 100 Å². The molecule has 0 spiro atoms. The molecule has 0 aliphatic heterocycles. The van der Waals surface area contributed by atoms with E-state index in [4.69, 9.17) is 17.3 Å². The van der Waals surface area contributed by atoms with Gasteiger partial charge in [-0.05, 0) is 24.5 Å². The van der Waals surface area contributed by atoms with E-state index in [9.17, 15) is 4.79 Å². The molecule has 1 atom stereocenters. The van der Waals surface area contributed by atoms with Crippen molar-refractivity contribution in [3.05, 3.63) is 23.0 Å². The predicted octanol–water partition coefficient (Wildman–Crippen LogP) is 1.97. The summed E-state index contributed by atoms with van der Waals surface area (Å²) < 4.78 is 0. The van der Waals surface area contributed by atoms with Crippen LogP contribution < -0.4 is 11.1 Å². The summed E-state index contributed by atoms with van der Waals surface area (Å²) in [5.74, 6) is -0.163. The van der Waals surface area contributed by atoms with Crippen LogP contribution in [0.15, 0.2) is 12.3 Å². The molecule has 1 aromatic rings. The number of nitrogens with two attached hydrogens (primary N) is 1. The van der Waals surface area contributed by atoms with Crippen molar-refractivity contribution in [2.45, 2.75) is 26.8 Å². The van der Waals surface area contributed by atoms with Gasteiger partial charge in [0.05, 0.1) is 11.7 Å². The van der Waals surface area contributed by atoms with Gasteiger partial charge in [-0.25, -0.2) is 4.98 Å². The third-order valence-electron chi connectivity index (χ3n) is 2.38. The number of hydrogen-bond donors (Lipinski definition) is 2. The first-order valence-electron chi connectivity index (χ1n) is 5.11. The van der Waals surface area contributed by atoms with E-state index in [0.717, 1.165) is 5.56 Å². The van der Waals surface area contributed by atoms with Gasteiger partial charge < -0.3 is 11.1 Å². The zero-order valence-electron chi connectivity index (χ0n) is 9.62. The Hall–Kier alpha value is -1.13. The highest BCUT2D eigenvalue weighted by Crippen LogP contribution is 2.22. The maximum absolute atomic E-state index is 11.7. The van der Waals surface area contributed by atoms with E-state index in [1.807, 2.05) is 20.8 Å². The van der Waals surface area contributed by atoms with E-state index < -0.39 is 6.04 Å². The summed E-state index contributed by atoms with van der Waals surface area (Å²) in [6.45, 7) is 5.63. The number of anilines is 1. The van der Waals surface area contributed by atoms with E-state index >= 15 is 0 Å². The molecule has 3 N–H and O–H groups in total. The summed E-state index contributed by atoms with van der Waals surface area (Å²) in [5.41, 5.74) is 7.13. The first-order chi connectivity index (χ1) is 7.43. The molecule has 4 nitrogen and oxygen atoms in total. The second-order valence-corrected chi connectivity index (χ2v) is 4.41. The van der Waals surface area contributed by atoms with Crippen LogP contribution in [0.1, 0.15) is 19.4 Å². The summed E-state index contributed by atoms with van der Waals surface area (Å²) in [6.07, 6.45) is 1.59. The van der Waals surface area contributed by atoms with Crippen LogP contribution in [-0.2, 0) is 4.79 Å². The number of carbonyl (C=O) groups excluding carboxylic acids is 1. The highest BCUT2D eigenvalue weighted by atomic mass is 35.5. The van der Waals surface area contributed by atoms with Crippen LogP contribution in [0.5, 0.6) is 0 Å². The molecular formula is C11H16ClN3O. The van der Waals surface area contributed by atoms with Crippen molar-refractivity contribution in [2.75, 3.05) is 5.32 Å². The number of amides is 1. The molecule has 5 heteroatoms. The van der Waals surface area contributed by atoms with Crippen molar-refractivity contribution in [1.29, 1.82) is 0 Å². The molecule has 0 aliphatic carbocycles. The zero-order chi connectivity index (χ0) is 12.3. The van der Waals surface area contributed by atoms with E-state index in [1.54, 1.807) is 12.3 Å². The molecule has 0 saturated heterocycles. The van der Waals surface area contributed by atoms with Crippen LogP contribution in [0.4, 0.5) is 5.69 Å². The molecule has 16 heavy (non-hydrogen) atoms. The number of halogens is 1. The van der Waals surface area contributed by atoms with Gasteiger partial charge in [-0.3, -0.25) is 4.79 Å². The molecule has 0 fully saturated rings. The summed E-state index contributed by atoms with van der Waals surface area (Å²) in [7, 11) is 0. The minimum absolute atomic E-state index is 0.0794. The topological polar surface area (TPSA) is 68.0 Å². The molecule has 0 saturated carbocycles. The molecule has 0 bridgehead atoms. The van der Waals surface area contributed by atoms with Crippen LogP contribution in [0.2, 0.25) is 5.15 Å². The SMILES string of the molecule is Cc1ccnc(Cl)c1NC(=O)[C@@H](N)C(C)C. The Bertz CT molecular complexity index is 373. The van der Waals surface area contributed by atoms with Crippen molar-refractivity contribution in [2.24, 2.45) is 11.7 Å². The van der Waals surface area contributed by atoms with Gasteiger partial charge in [0.15, 0.2) is 5.15 Å². The van der Waals surface area contributed by atoms with Crippen molar-refractivity contribution in [3.63, 3.8) is 0 Å². The largest absolute Gasteiger partial charge is 0.322 e. The number of aromatic nitrogens is 1. The lowest BCUT2D eigenvalue weighted by Crippen LogP contribution is -2.40. The zero-order valence-corrected chi connectivity index (χ0v) is 10.4. The van der Waals surface area contributed by atoms with Gasteiger partial charge in [-0.2, -0.15) is 0 Å². The fourth-order valence-corrected chi connectivity index (χ4v) is 1.44. The maximum Gasteiger partial charge on any atom is 0.241 e. The number of pyridine rings is 1. The molecule has 0 radical (unpaired) electrons. The van der Waals surface area contributed by atoms with Crippen molar-refractivity contribution >= 4 is 23.2 Å². The summed E-state index contributed by atoms with van der Waals surface area (Å²) >= 11 is 5.89. The van der Waals surface area contributed by atoms with Crippen LogP contribution in [0, 0.1) is 12.8 Å². The smallest absolute Gasteiger partial charge is 0.241 e. The van der Waals surface area contributed by atoms with E-state index in [-0.39, 0.29) is 17.0 Å². The number of carbonyl (C=O) groups is 1. The number of nitrogens with one attached hydrogen (secondary N) is 1. The lowest BCUT2D eigenvalue weighted by Gasteiger charge is -2.16. The average Bonchev–Trinajstić information content (AvgIpc) is 2.22. The second-order valence-electron chi connectivity index (χ2n) is 4.05. The van der Waals surface area contributed by atoms with Crippen molar-refractivity contribution in [1.82, 2.24) is 4.98 Å². The first kappa shape index (κ1) is 12.9. The lowest BCUT2D eigenvalue weighted by molar-refractivity contribution is -0.118. The summed E-state index contributed by atoms with van der Waals surface area (Å²) in [4.78, 5) is 15.6. The van der Waals surface area contributed by atoms with Crippen LogP contribution in [0.25, 0.3) is 0 Å². The molecule has 0 aliphatic rings. The normalized spacial score (nSPS) is 12.6. The Balaban J connectivity index is 2.85. The fourth-order valence-electron chi connectivity index (χ4n) is 1.18. The van der Waals surface area contributed by atoms with Gasteiger partial charge in [-0.1, -0.05) is 25.4 Å². The minimum Gasteiger partial charge on any atom is -0.322 e. The molecule has 0 unspecified atom stereocenters. The van der Waals surface area contributed by atoms with Crippen LogP contribution in [0.3, 0.4) is 0 Å². The van der Waals surface area contributed by atoms with Gasteiger partial charge in [0, 0.05) is 6.20 Å². The molecule has 1 heterocycles. The number of nitrogens with zero attached hydrogens (tertiary/aromatic N) is 1. The predicted molar refractivity (Wildman–Crippen MR) is 65.4 cm³/mol. The van der Waals surface area contributed by atoms with Crippen LogP contribution in [-0.4, -0.2) is 16.9 Å². The molecule has 0 aromatic carbocycles. The first-order valence-corrected chi connectivity index (χ1v) is 5.48. The van der Waals surface area contributed by atoms with Gasteiger partial charge >= 0.3 is 0 Å². The summed E-state index contributed by atoms with van der Waals surface area (Å²) in [6, 6.07) is 1.23. The fraction of sp³-hybridized carbons (Fsp3) is 0.455. The third kappa shape index (κ3) is 2.93. The van der Waals surface area contributed by atoms with Gasteiger partial charge in [0.25, 0.3) is 0 Å². The number of aryl methyl sites for hydroxylation is 1. The standard InChI is InChI=1S/C11H16ClN3O/c1-6(2)8(13)11(16)15-9-7(3)4-5-14-10(9)12/h4-6,8H,13H2,1-3H3,(H,15,16)/t8-/m0/s1. The quantitative estimate of drug-likeness (QED) is 0.795. The minimum atomic E-state index is -0.546. The lowest BCUT2D eigenvalue weighted by atomic mass is 10.0. The Morgan fingerprint density at radius 3 is 2.69 bits per heavy atom. The molecule has 1 aromatic heterocycles. The van der Waals surface area contributed by atoms with Crippen molar-refractivity contribution < 1.29 is 4.79 Å². The van der Waals surface area contributed by atoms with E-state index in [1.165, 1.54) is 0 Å². The van der Waals surface area contributed by atoms with Gasteiger partial charge in [-0.15, -0.1) is 0 Å². The highest BCUT2D eigenvalue weighted by molar-refractivity contribution is 6.32. The molecule has 1 rings (SSSR count). The highest BCUT2D eigenvalue weighted by Gasteiger charge is 2.19. The summed E-state index contributed by atoms with van der Waals surface area (Å²) in [5, 5.41) is 2.98. The van der Waals surface area contributed by atoms with Crippen molar-refractivity contribution in [3.8, 4) is 0 Å². The number of rotatable bonds is 3. The second kappa shape index (κ2) is 5.27. The van der Waals surface area contributed by atoms with E-state index in [2.05, 4.69) is 10.3 Å². The average molecular weight is 242 g/mol. The van der Waals surface area contributed by atoms with Crippen LogP contribution >= 0.6 is 11.6 Å².